The summed E-state index contributed by atoms with van der Waals surface area (Å²) in [4.78, 5) is 38.0. The zero-order chi connectivity index (χ0) is 19.8. The molecular weight excluding hydrogens is 344 g/mol. The Kier molecular flexibility index (Phi) is 5.51. The van der Waals surface area contributed by atoms with Crippen molar-refractivity contribution in [3.8, 4) is 0 Å². The van der Waals surface area contributed by atoms with Crippen molar-refractivity contribution < 1.29 is 19.3 Å². The maximum atomic E-state index is 13.6. The van der Waals surface area contributed by atoms with E-state index in [0.717, 1.165) is 22.3 Å². The van der Waals surface area contributed by atoms with Crippen LogP contribution in [0.15, 0.2) is 24.8 Å². The third-order valence-corrected chi connectivity index (χ3v) is 5.71. The lowest BCUT2D eigenvalue weighted by Gasteiger charge is -2.41. The van der Waals surface area contributed by atoms with Gasteiger partial charge in [-0.05, 0) is 50.3 Å². The first kappa shape index (κ1) is 19.7. The van der Waals surface area contributed by atoms with Gasteiger partial charge in [-0.1, -0.05) is 23.8 Å². The van der Waals surface area contributed by atoms with Crippen molar-refractivity contribution in [2.75, 3.05) is 26.8 Å². The summed E-state index contributed by atoms with van der Waals surface area (Å²) in [5.41, 5.74) is 2.93. The quantitative estimate of drug-likeness (QED) is 0.587. The van der Waals surface area contributed by atoms with Crippen LogP contribution in [0.25, 0.3) is 0 Å². The van der Waals surface area contributed by atoms with Crippen LogP contribution in [0.1, 0.15) is 41.0 Å². The van der Waals surface area contributed by atoms with Crippen LogP contribution in [-0.2, 0) is 19.3 Å². The molecule has 6 nitrogen and oxygen atoms in total. The zero-order valence-electron chi connectivity index (χ0n) is 16.6. The van der Waals surface area contributed by atoms with E-state index in [1.807, 2.05) is 38.0 Å². The number of ketones is 1. The van der Waals surface area contributed by atoms with E-state index in [1.54, 1.807) is 13.2 Å². The van der Waals surface area contributed by atoms with E-state index in [2.05, 4.69) is 6.58 Å². The van der Waals surface area contributed by atoms with Crippen LogP contribution in [0.4, 0.5) is 0 Å². The average Bonchev–Trinajstić information content (AvgIpc) is 2.82. The number of hydrogen-bond acceptors (Lipinski definition) is 5. The molecule has 1 atom stereocenters. The number of hydrogen-bond donors (Lipinski definition) is 0. The molecule has 0 aliphatic carbocycles. The van der Waals surface area contributed by atoms with Crippen molar-refractivity contribution in [3.63, 3.8) is 0 Å². The van der Waals surface area contributed by atoms with E-state index in [-0.39, 0.29) is 18.3 Å². The molecule has 6 heteroatoms. The van der Waals surface area contributed by atoms with Crippen LogP contribution < -0.4 is 0 Å². The largest absolute Gasteiger partial charge is 0.302 e. The number of nitrogens with zero attached hydrogens (tertiary/aromatic N) is 2. The predicted octanol–water partition coefficient (Wildman–Crippen LogP) is 2.62. The number of hydroxylamine groups is 4. The molecule has 1 spiro atoms. The maximum Gasteiger partial charge on any atom is 0.262 e. The van der Waals surface area contributed by atoms with Crippen molar-refractivity contribution in [3.05, 3.63) is 47.0 Å². The lowest BCUT2D eigenvalue weighted by Crippen LogP contribution is -2.56. The standard InChI is InChI=1S/C21H28N2O4/c1-6-11-27-23-20(25)18(17-15(3)12-14(2)13-16(17)4)19(24)21(23)7-9-22(26-5)10-8-21/h6,12-13,18H,1,7-11H2,2-5H3. The Hall–Kier alpha value is -2.02. The van der Waals surface area contributed by atoms with Gasteiger partial charge in [-0.15, -0.1) is 6.58 Å². The SMILES string of the molecule is C=CCON1C(=O)C(c2c(C)cc(C)cc2C)C(=O)C12CCN(OC)CC2. The molecule has 146 valence electrons. The van der Waals surface area contributed by atoms with E-state index >= 15 is 0 Å². The van der Waals surface area contributed by atoms with Crippen LogP contribution in [0, 0.1) is 20.8 Å². The third-order valence-electron chi connectivity index (χ3n) is 5.71. The molecule has 0 aromatic heterocycles. The smallest absolute Gasteiger partial charge is 0.262 e. The molecule has 3 rings (SSSR count). The van der Waals surface area contributed by atoms with E-state index in [0.29, 0.717) is 25.9 Å². The van der Waals surface area contributed by atoms with Gasteiger partial charge in [0.2, 0.25) is 0 Å². The van der Waals surface area contributed by atoms with Gasteiger partial charge in [0.1, 0.15) is 11.5 Å². The Morgan fingerprint density at radius 1 is 1.19 bits per heavy atom. The summed E-state index contributed by atoms with van der Waals surface area (Å²) >= 11 is 0. The monoisotopic (exact) mass is 372 g/mol. The second kappa shape index (κ2) is 7.54. The van der Waals surface area contributed by atoms with Gasteiger partial charge in [0, 0.05) is 13.1 Å². The van der Waals surface area contributed by atoms with E-state index in [9.17, 15) is 9.59 Å². The van der Waals surface area contributed by atoms with Gasteiger partial charge < -0.3 is 4.84 Å². The molecule has 0 radical (unpaired) electrons. The lowest BCUT2D eigenvalue weighted by molar-refractivity contribution is -0.226. The minimum Gasteiger partial charge on any atom is -0.302 e. The van der Waals surface area contributed by atoms with Gasteiger partial charge >= 0.3 is 0 Å². The Morgan fingerprint density at radius 3 is 2.30 bits per heavy atom. The predicted molar refractivity (Wildman–Crippen MR) is 102 cm³/mol. The highest BCUT2D eigenvalue weighted by Crippen LogP contribution is 2.44. The van der Waals surface area contributed by atoms with Crippen LogP contribution in [0.3, 0.4) is 0 Å². The third kappa shape index (κ3) is 3.22. The fourth-order valence-corrected chi connectivity index (χ4v) is 4.51. The molecule has 1 amide bonds. The van der Waals surface area contributed by atoms with Crippen molar-refractivity contribution in [2.24, 2.45) is 0 Å². The molecule has 27 heavy (non-hydrogen) atoms. The summed E-state index contributed by atoms with van der Waals surface area (Å²) in [5, 5.41) is 3.15. The van der Waals surface area contributed by atoms with Gasteiger partial charge in [-0.25, -0.2) is 5.06 Å². The molecule has 0 saturated carbocycles. The van der Waals surface area contributed by atoms with Crippen LogP contribution in [0.2, 0.25) is 0 Å². The van der Waals surface area contributed by atoms with Crippen molar-refractivity contribution in [1.82, 2.24) is 10.1 Å². The number of benzene rings is 1. The molecule has 2 aliphatic heterocycles. The van der Waals surface area contributed by atoms with Crippen molar-refractivity contribution in [1.29, 1.82) is 0 Å². The highest BCUT2D eigenvalue weighted by Gasteiger charge is 2.61. The summed E-state index contributed by atoms with van der Waals surface area (Å²) in [7, 11) is 1.62. The zero-order valence-corrected chi connectivity index (χ0v) is 16.6. The number of Topliss-reactive ketones (excluding diaryl/α,β-unsaturated/α-hetero) is 1. The molecule has 2 fully saturated rings. The minimum atomic E-state index is -0.941. The Labute approximate surface area is 160 Å². The van der Waals surface area contributed by atoms with Gasteiger partial charge in [-0.3, -0.25) is 14.4 Å². The molecule has 2 heterocycles. The van der Waals surface area contributed by atoms with E-state index in [4.69, 9.17) is 9.68 Å². The van der Waals surface area contributed by atoms with Crippen LogP contribution in [-0.4, -0.2) is 54.2 Å². The second-order valence-electron chi connectivity index (χ2n) is 7.47. The number of carbonyl (C=O) groups excluding carboxylic acids is 2. The lowest BCUT2D eigenvalue weighted by atomic mass is 9.79. The fourth-order valence-electron chi connectivity index (χ4n) is 4.51. The molecule has 2 saturated heterocycles. The highest BCUT2D eigenvalue weighted by atomic mass is 16.7. The number of rotatable bonds is 5. The Balaban J connectivity index is 2.04. The van der Waals surface area contributed by atoms with Crippen LogP contribution >= 0.6 is 0 Å². The van der Waals surface area contributed by atoms with Gasteiger partial charge in [0.25, 0.3) is 5.91 Å². The van der Waals surface area contributed by atoms with Crippen molar-refractivity contribution >= 4 is 11.7 Å². The molecule has 1 aromatic rings. The first-order chi connectivity index (χ1) is 12.9. The summed E-state index contributed by atoms with van der Waals surface area (Å²) in [6, 6.07) is 4.05. The summed E-state index contributed by atoms with van der Waals surface area (Å²) < 4.78 is 0. The fraction of sp³-hybridized carbons (Fsp3) is 0.524. The van der Waals surface area contributed by atoms with E-state index in [1.165, 1.54) is 5.06 Å². The van der Waals surface area contributed by atoms with E-state index < -0.39 is 11.5 Å². The molecule has 2 aliphatic rings. The Bertz CT molecular complexity index is 742. The van der Waals surface area contributed by atoms with Gasteiger partial charge in [-0.2, -0.15) is 5.06 Å². The van der Waals surface area contributed by atoms with Crippen LogP contribution in [0.5, 0.6) is 0 Å². The maximum absolute atomic E-state index is 13.6. The first-order valence-electron chi connectivity index (χ1n) is 9.34. The molecule has 0 N–H and O–H groups in total. The number of aryl methyl sites for hydroxylation is 3. The first-order valence-corrected chi connectivity index (χ1v) is 9.34. The summed E-state index contributed by atoms with van der Waals surface area (Å²) in [6.07, 6.45) is 2.57. The normalized spacial score (nSPS) is 22.7. The van der Waals surface area contributed by atoms with Gasteiger partial charge in [0.05, 0.1) is 13.7 Å². The number of amides is 1. The number of piperidine rings is 1. The molecule has 1 unspecified atom stereocenters. The molecule has 1 aromatic carbocycles. The molecular formula is C21H28N2O4. The minimum absolute atomic E-state index is 0.0673. The Morgan fingerprint density at radius 2 is 1.78 bits per heavy atom. The summed E-state index contributed by atoms with van der Waals surface area (Å²) in [6.45, 7) is 10.9. The topological polar surface area (TPSA) is 59.1 Å². The van der Waals surface area contributed by atoms with Gasteiger partial charge in [0.15, 0.2) is 5.78 Å². The average molecular weight is 372 g/mol. The summed E-state index contributed by atoms with van der Waals surface area (Å²) in [5.74, 6) is -1.16. The molecule has 0 bridgehead atoms. The second-order valence-corrected chi connectivity index (χ2v) is 7.47. The van der Waals surface area contributed by atoms with Crippen molar-refractivity contribution in [2.45, 2.75) is 45.1 Å². The number of carbonyl (C=O) groups is 2. The highest BCUT2D eigenvalue weighted by molar-refractivity contribution is 6.17.